The number of hydrogen-bond donors (Lipinski definition) is 1. The minimum absolute atomic E-state index is 0.132. The molecule has 3 heterocycles. The molecule has 2 aliphatic heterocycles. The van der Waals surface area contributed by atoms with Crippen LogP contribution < -0.4 is 0 Å². The predicted octanol–water partition coefficient (Wildman–Crippen LogP) is 5.41. The van der Waals surface area contributed by atoms with Gasteiger partial charge in [-0.1, -0.05) is 30.3 Å². The molecule has 0 radical (unpaired) electrons. The van der Waals surface area contributed by atoms with Gasteiger partial charge < -0.3 is 9.47 Å². The van der Waals surface area contributed by atoms with Crippen LogP contribution in [0.15, 0.2) is 46.3 Å². The molecule has 2 saturated heterocycles. The first-order valence-corrected chi connectivity index (χ1v) is 11.6. The molecule has 8 heteroatoms. The topological polar surface area (TPSA) is 114 Å². The lowest BCUT2D eigenvalue weighted by molar-refractivity contribution is -0.295. The van der Waals surface area contributed by atoms with Crippen molar-refractivity contribution < 1.29 is 9.47 Å². The standard InChI is InChI=1S/C23H17BrN4O2S/c24-18-7-6-16(31-18)19-21(11-25,12-26)22(13-27)17-10-15(14-4-2-1-3-5-14)8-9-23(17,29-19)30-20(22)28/h1-7,15,17,19,28H,8-10H2. The second kappa shape index (κ2) is 6.90. The maximum atomic E-state index is 10.5. The predicted molar refractivity (Wildman–Crippen MR) is 116 cm³/mol. The van der Waals surface area contributed by atoms with Crippen molar-refractivity contribution in [3.63, 3.8) is 0 Å². The largest absolute Gasteiger partial charge is 0.447 e. The fourth-order valence-electron chi connectivity index (χ4n) is 5.59. The van der Waals surface area contributed by atoms with Crippen LogP contribution in [0.1, 0.15) is 41.7 Å². The van der Waals surface area contributed by atoms with Gasteiger partial charge in [0.1, 0.15) is 6.10 Å². The van der Waals surface area contributed by atoms with Gasteiger partial charge in [0.15, 0.2) is 5.41 Å². The first kappa shape index (κ1) is 20.2. The highest BCUT2D eigenvalue weighted by atomic mass is 79.9. The highest BCUT2D eigenvalue weighted by molar-refractivity contribution is 9.11. The van der Waals surface area contributed by atoms with Crippen molar-refractivity contribution in [1.82, 2.24) is 0 Å². The zero-order chi connectivity index (χ0) is 21.9. The lowest BCUT2D eigenvalue weighted by Gasteiger charge is -2.52. The maximum absolute atomic E-state index is 10.5. The van der Waals surface area contributed by atoms with E-state index in [0.29, 0.717) is 17.7 Å². The minimum atomic E-state index is -1.90. The Morgan fingerprint density at radius 1 is 1.06 bits per heavy atom. The van der Waals surface area contributed by atoms with Crippen molar-refractivity contribution in [3.8, 4) is 18.2 Å². The van der Waals surface area contributed by atoms with E-state index >= 15 is 0 Å². The molecular weight excluding hydrogens is 476 g/mol. The Balaban J connectivity index is 1.68. The van der Waals surface area contributed by atoms with Gasteiger partial charge >= 0.3 is 0 Å². The van der Waals surface area contributed by atoms with Gasteiger partial charge in [0.2, 0.25) is 17.1 Å². The Kier molecular flexibility index (Phi) is 4.50. The van der Waals surface area contributed by atoms with E-state index in [-0.39, 0.29) is 11.8 Å². The van der Waals surface area contributed by atoms with Crippen LogP contribution in [0, 0.1) is 56.2 Å². The summed E-state index contributed by atoms with van der Waals surface area (Å²) < 4.78 is 13.3. The molecule has 3 aliphatic rings. The van der Waals surface area contributed by atoms with Crippen LogP contribution >= 0.6 is 27.3 Å². The van der Waals surface area contributed by atoms with Gasteiger partial charge in [-0.15, -0.1) is 11.3 Å². The quantitative estimate of drug-likeness (QED) is 0.601. The van der Waals surface area contributed by atoms with Gasteiger partial charge in [-0.25, -0.2) is 0 Å². The second-order valence-electron chi connectivity index (χ2n) is 8.27. The number of ether oxygens (including phenoxy) is 2. The molecule has 1 saturated carbocycles. The molecule has 6 nitrogen and oxygen atoms in total. The third kappa shape index (κ3) is 2.46. The van der Waals surface area contributed by atoms with Gasteiger partial charge in [-0.3, -0.25) is 5.41 Å². The summed E-state index contributed by atoms with van der Waals surface area (Å²) in [6.45, 7) is 0. The Labute approximate surface area is 192 Å². The van der Waals surface area contributed by atoms with Crippen LogP contribution in [0.2, 0.25) is 0 Å². The van der Waals surface area contributed by atoms with E-state index in [9.17, 15) is 15.8 Å². The van der Waals surface area contributed by atoms with E-state index in [1.165, 1.54) is 11.3 Å². The third-order valence-electron chi connectivity index (χ3n) is 7.03. The Morgan fingerprint density at radius 2 is 1.81 bits per heavy atom. The van der Waals surface area contributed by atoms with Crippen LogP contribution in [-0.4, -0.2) is 11.7 Å². The number of benzene rings is 1. The number of nitriles is 3. The summed E-state index contributed by atoms with van der Waals surface area (Å²) >= 11 is 4.78. The fourth-order valence-corrected chi connectivity index (χ4v) is 7.11. The Bertz CT molecular complexity index is 1180. The molecule has 2 aromatic rings. The first-order valence-electron chi connectivity index (χ1n) is 9.96. The van der Waals surface area contributed by atoms with Crippen LogP contribution in [0.4, 0.5) is 0 Å². The average molecular weight is 493 g/mol. The molecule has 1 aromatic heterocycles. The van der Waals surface area contributed by atoms with Crippen molar-refractivity contribution in [1.29, 1.82) is 21.2 Å². The van der Waals surface area contributed by atoms with Crippen LogP contribution in [-0.2, 0) is 9.47 Å². The monoisotopic (exact) mass is 492 g/mol. The summed E-state index contributed by atoms with van der Waals surface area (Å²) in [4.78, 5) is 0.663. The maximum Gasteiger partial charge on any atom is 0.217 e. The summed E-state index contributed by atoms with van der Waals surface area (Å²) in [5.41, 5.74) is -2.46. The first-order chi connectivity index (χ1) is 15.0. The van der Waals surface area contributed by atoms with Crippen LogP contribution in [0.25, 0.3) is 0 Å². The Morgan fingerprint density at radius 3 is 2.42 bits per heavy atom. The molecule has 31 heavy (non-hydrogen) atoms. The third-order valence-corrected chi connectivity index (χ3v) is 8.70. The van der Waals surface area contributed by atoms with Crippen molar-refractivity contribution in [3.05, 3.63) is 56.7 Å². The molecule has 5 rings (SSSR count). The Hall–Kier alpha value is -2.70. The molecule has 3 fully saturated rings. The summed E-state index contributed by atoms with van der Waals surface area (Å²) in [6.07, 6.45) is 0.776. The van der Waals surface area contributed by atoms with E-state index in [0.717, 1.165) is 15.8 Å². The van der Waals surface area contributed by atoms with Crippen molar-refractivity contribution >= 4 is 33.2 Å². The smallest absolute Gasteiger partial charge is 0.217 e. The highest BCUT2D eigenvalue weighted by Gasteiger charge is 2.81. The zero-order valence-corrected chi connectivity index (χ0v) is 18.7. The number of nitrogens with zero attached hydrogens (tertiary/aromatic N) is 3. The van der Waals surface area contributed by atoms with Crippen LogP contribution in [0.3, 0.4) is 0 Å². The van der Waals surface area contributed by atoms with Gasteiger partial charge in [0.25, 0.3) is 0 Å². The van der Waals surface area contributed by atoms with Crippen molar-refractivity contribution in [2.45, 2.75) is 37.1 Å². The van der Waals surface area contributed by atoms with Gasteiger partial charge in [-0.2, -0.15) is 15.8 Å². The zero-order valence-electron chi connectivity index (χ0n) is 16.3. The van der Waals surface area contributed by atoms with Gasteiger partial charge in [0, 0.05) is 11.3 Å². The lowest BCUT2D eigenvalue weighted by atomic mass is 9.51. The number of rotatable bonds is 2. The molecule has 154 valence electrons. The lowest BCUT2D eigenvalue weighted by Crippen LogP contribution is -2.60. The van der Waals surface area contributed by atoms with E-state index in [2.05, 4.69) is 34.1 Å². The van der Waals surface area contributed by atoms with E-state index < -0.39 is 28.6 Å². The van der Waals surface area contributed by atoms with Gasteiger partial charge in [-0.05, 0) is 52.4 Å². The summed E-state index contributed by atoms with van der Waals surface area (Å²) in [6, 6.07) is 20.1. The SMILES string of the molecule is N#CC1(C#N)C(c2ccc(Br)s2)OC23CCC(c4ccccc4)CC2C1(C#N)C(=N)O3. The summed E-state index contributed by atoms with van der Waals surface area (Å²) in [7, 11) is 0. The normalized spacial score (nSPS) is 35.2. The number of thiophene rings is 1. The molecule has 1 N–H and O–H groups in total. The number of halogens is 1. The van der Waals surface area contributed by atoms with Crippen LogP contribution in [0.5, 0.6) is 0 Å². The summed E-state index contributed by atoms with van der Waals surface area (Å²) in [5.74, 6) is -1.96. The van der Waals surface area contributed by atoms with E-state index in [1.807, 2.05) is 36.4 Å². The molecule has 1 aromatic carbocycles. The number of hydrogen-bond acceptors (Lipinski definition) is 7. The molecule has 2 bridgehead atoms. The fraction of sp³-hybridized carbons (Fsp3) is 0.391. The molecule has 5 unspecified atom stereocenters. The summed E-state index contributed by atoms with van der Waals surface area (Å²) in [5, 5.41) is 39.8. The van der Waals surface area contributed by atoms with Gasteiger partial charge in [0.05, 0.1) is 27.9 Å². The highest BCUT2D eigenvalue weighted by Crippen LogP contribution is 2.70. The molecule has 0 spiro atoms. The molecular formula is C23H17BrN4O2S. The van der Waals surface area contributed by atoms with E-state index in [1.54, 1.807) is 6.07 Å². The molecule has 1 aliphatic carbocycles. The average Bonchev–Trinajstić information content (AvgIpc) is 3.31. The van der Waals surface area contributed by atoms with E-state index in [4.69, 9.17) is 14.9 Å². The molecule has 0 amide bonds. The number of nitrogens with one attached hydrogen (secondary N) is 1. The molecule has 5 atom stereocenters. The van der Waals surface area contributed by atoms with Crippen molar-refractivity contribution in [2.75, 3.05) is 0 Å². The minimum Gasteiger partial charge on any atom is -0.447 e. The second-order valence-corrected chi connectivity index (χ2v) is 10.8. The van der Waals surface area contributed by atoms with Crippen molar-refractivity contribution in [2.24, 2.45) is 16.7 Å².